The predicted octanol–water partition coefficient (Wildman–Crippen LogP) is 0.0326. The largest absolute Gasteiger partial charge is 0.480 e. The van der Waals surface area contributed by atoms with Crippen LogP contribution in [-0.4, -0.2) is 38.2 Å². The van der Waals surface area contributed by atoms with Crippen molar-refractivity contribution in [1.29, 1.82) is 0 Å². The second-order valence-corrected chi connectivity index (χ2v) is 2.86. The Hall–Kier alpha value is -2.44. The topological polar surface area (TPSA) is 125 Å². The van der Waals surface area contributed by atoms with Gasteiger partial charge in [0.25, 0.3) is 0 Å². The highest BCUT2D eigenvalue weighted by Crippen LogP contribution is 2.14. The molecule has 3 N–H and O–H groups in total. The van der Waals surface area contributed by atoms with Crippen LogP contribution in [-0.2, 0) is 9.59 Å². The quantitative estimate of drug-likeness (QED) is 0.617. The van der Waals surface area contributed by atoms with Crippen LogP contribution in [0.15, 0.2) is 18.2 Å². The van der Waals surface area contributed by atoms with E-state index < -0.39 is 29.5 Å². The van der Waals surface area contributed by atoms with E-state index in [0.29, 0.717) is 0 Å². The Kier molecular flexibility index (Phi) is 3.19. The summed E-state index contributed by atoms with van der Waals surface area (Å²) < 4.78 is 0. The summed E-state index contributed by atoms with van der Waals surface area (Å²) in [5.41, 5.74) is -0.718. The van der Waals surface area contributed by atoms with Crippen molar-refractivity contribution in [2.45, 2.75) is 5.92 Å². The van der Waals surface area contributed by atoms with Gasteiger partial charge in [-0.15, -0.1) is 0 Å². The van der Waals surface area contributed by atoms with Gasteiger partial charge < -0.3 is 15.3 Å². The van der Waals surface area contributed by atoms with Gasteiger partial charge in [-0.2, -0.15) is 0 Å². The molecule has 0 fully saturated rings. The lowest BCUT2D eigenvalue weighted by Gasteiger charge is -2.06. The van der Waals surface area contributed by atoms with Crippen LogP contribution in [0.3, 0.4) is 0 Å². The number of aromatic nitrogens is 1. The molecule has 7 nitrogen and oxygen atoms in total. The lowest BCUT2D eigenvalue weighted by Crippen LogP contribution is -2.22. The van der Waals surface area contributed by atoms with E-state index in [9.17, 15) is 14.4 Å². The number of pyridine rings is 1. The molecule has 0 atom stereocenters. The number of hydrogen-bond acceptors (Lipinski definition) is 4. The molecular formula is C9H7NO6. The van der Waals surface area contributed by atoms with E-state index in [4.69, 9.17) is 15.3 Å². The van der Waals surface area contributed by atoms with Crippen LogP contribution in [0.5, 0.6) is 0 Å². The molecule has 1 heterocycles. The third-order valence-corrected chi connectivity index (χ3v) is 1.78. The molecular weight excluding hydrogens is 218 g/mol. The van der Waals surface area contributed by atoms with Crippen LogP contribution in [0.4, 0.5) is 0 Å². The van der Waals surface area contributed by atoms with Crippen molar-refractivity contribution in [3.05, 3.63) is 29.6 Å². The zero-order valence-corrected chi connectivity index (χ0v) is 7.82. The number of carboxylic acid groups (broad SMARTS) is 3. The van der Waals surface area contributed by atoms with Crippen LogP contribution in [0.25, 0.3) is 0 Å². The van der Waals surface area contributed by atoms with E-state index in [1.54, 1.807) is 0 Å². The molecule has 7 heteroatoms. The molecule has 0 aliphatic rings. The van der Waals surface area contributed by atoms with Gasteiger partial charge in [0.15, 0.2) is 5.92 Å². The maximum atomic E-state index is 10.7. The minimum absolute atomic E-state index is 0.320. The minimum atomic E-state index is -1.86. The van der Waals surface area contributed by atoms with Gasteiger partial charge in [0.2, 0.25) is 0 Å². The fourth-order valence-electron chi connectivity index (χ4n) is 1.09. The van der Waals surface area contributed by atoms with Crippen LogP contribution >= 0.6 is 0 Å². The number of aliphatic carboxylic acids is 2. The van der Waals surface area contributed by atoms with E-state index in [0.717, 1.165) is 12.1 Å². The average molecular weight is 225 g/mol. The highest BCUT2D eigenvalue weighted by atomic mass is 16.4. The SMILES string of the molecule is O=C(O)c1cccc(C(C(=O)O)C(=O)O)n1. The van der Waals surface area contributed by atoms with Crippen LogP contribution in [0.2, 0.25) is 0 Å². The maximum Gasteiger partial charge on any atom is 0.354 e. The van der Waals surface area contributed by atoms with Crippen molar-refractivity contribution in [3.63, 3.8) is 0 Å². The molecule has 0 aliphatic heterocycles. The van der Waals surface area contributed by atoms with E-state index in [1.807, 2.05) is 0 Å². The summed E-state index contributed by atoms with van der Waals surface area (Å²) in [6.45, 7) is 0. The third kappa shape index (κ3) is 2.32. The molecule has 0 aliphatic carbocycles. The predicted molar refractivity (Wildman–Crippen MR) is 49.2 cm³/mol. The standard InChI is InChI=1S/C9H7NO6/c11-7(12)5-3-1-2-4(10-5)6(8(13)14)9(15)16/h1-3,6H,(H,11,12)(H,13,14)(H,15,16). The number of rotatable bonds is 4. The molecule has 0 spiro atoms. The molecule has 0 aromatic carbocycles. The molecule has 1 aromatic rings. The smallest absolute Gasteiger partial charge is 0.354 e. The van der Waals surface area contributed by atoms with Crippen LogP contribution in [0.1, 0.15) is 22.1 Å². The van der Waals surface area contributed by atoms with E-state index >= 15 is 0 Å². The molecule has 1 aromatic heterocycles. The monoisotopic (exact) mass is 225 g/mol. The average Bonchev–Trinajstić information content (AvgIpc) is 2.16. The fraction of sp³-hybridized carbons (Fsp3) is 0.111. The Morgan fingerprint density at radius 1 is 1.06 bits per heavy atom. The van der Waals surface area contributed by atoms with Gasteiger partial charge in [-0.3, -0.25) is 9.59 Å². The lowest BCUT2D eigenvalue weighted by atomic mass is 10.1. The molecule has 0 amide bonds. The third-order valence-electron chi connectivity index (χ3n) is 1.78. The van der Waals surface area contributed by atoms with Gasteiger partial charge in [-0.1, -0.05) is 6.07 Å². The Morgan fingerprint density at radius 2 is 1.62 bits per heavy atom. The van der Waals surface area contributed by atoms with Crippen molar-refractivity contribution >= 4 is 17.9 Å². The molecule has 0 saturated heterocycles. The first-order chi connectivity index (χ1) is 7.43. The first-order valence-corrected chi connectivity index (χ1v) is 4.09. The van der Waals surface area contributed by atoms with Crippen molar-refractivity contribution < 1.29 is 29.7 Å². The fourth-order valence-corrected chi connectivity index (χ4v) is 1.09. The van der Waals surface area contributed by atoms with E-state index in [-0.39, 0.29) is 5.69 Å². The van der Waals surface area contributed by atoms with Crippen molar-refractivity contribution in [2.24, 2.45) is 0 Å². The summed E-state index contributed by atoms with van der Waals surface area (Å²) in [4.78, 5) is 35.3. The summed E-state index contributed by atoms with van der Waals surface area (Å²) in [6.07, 6.45) is 0. The van der Waals surface area contributed by atoms with Gasteiger partial charge in [0.1, 0.15) is 5.69 Å². The maximum absolute atomic E-state index is 10.7. The van der Waals surface area contributed by atoms with Crippen molar-refractivity contribution in [2.75, 3.05) is 0 Å². The number of aromatic carboxylic acids is 1. The van der Waals surface area contributed by atoms with Crippen LogP contribution < -0.4 is 0 Å². The van der Waals surface area contributed by atoms with Crippen molar-refractivity contribution in [3.8, 4) is 0 Å². The van der Waals surface area contributed by atoms with E-state index in [2.05, 4.69) is 4.98 Å². The highest BCUT2D eigenvalue weighted by Gasteiger charge is 2.29. The molecule has 84 valence electrons. The second-order valence-electron chi connectivity index (χ2n) is 2.86. The number of nitrogens with zero attached hydrogens (tertiary/aromatic N) is 1. The second kappa shape index (κ2) is 4.39. The van der Waals surface area contributed by atoms with Gasteiger partial charge in [-0.25, -0.2) is 9.78 Å². The Balaban J connectivity index is 3.20. The molecule has 0 unspecified atom stereocenters. The lowest BCUT2D eigenvalue weighted by molar-refractivity contribution is -0.150. The first kappa shape index (κ1) is 11.6. The zero-order valence-electron chi connectivity index (χ0n) is 7.82. The number of carbonyl (C=O) groups is 3. The Labute approximate surface area is 89.0 Å². The Morgan fingerprint density at radius 3 is 2.06 bits per heavy atom. The van der Waals surface area contributed by atoms with Gasteiger partial charge in [0.05, 0.1) is 5.69 Å². The van der Waals surface area contributed by atoms with Crippen LogP contribution in [0, 0.1) is 0 Å². The summed E-state index contributed by atoms with van der Waals surface area (Å²) >= 11 is 0. The zero-order chi connectivity index (χ0) is 12.3. The first-order valence-electron chi connectivity index (χ1n) is 4.09. The summed E-state index contributed by atoms with van der Waals surface area (Å²) in [7, 11) is 0. The number of hydrogen-bond donors (Lipinski definition) is 3. The summed E-state index contributed by atoms with van der Waals surface area (Å²) in [6, 6.07) is 3.54. The molecule has 16 heavy (non-hydrogen) atoms. The number of carboxylic acids is 3. The molecule has 0 bridgehead atoms. The Bertz CT molecular complexity index is 441. The van der Waals surface area contributed by atoms with Gasteiger partial charge in [0, 0.05) is 0 Å². The summed E-state index contributed by atoms with van der Waals surface area (Å²) in [5.74, 6) is -6.40. The van der Waals surface area contributed by atoms with E-state index in [1.165, 1.54) is 6.07 Å². The molecule has 0 saturated carbocycles. The van der Waals surface area contributed by atoms with Gasteiger partial charge in [-0.05, 0) is 12.1 Å². The van der Waals surface area contributed by atoms with Crippen molar-refractivity contribution in [1.82, 2.24) is 4.98 Å². The van der Waals surface area contributed by atoms with Gasteiger partial charge >= 0.3 is 17.9 Å². The minimum Gasteiger partial charge on any atom is -0.480 e. The molecule has 1 rings (SSSR count). The molecule has 0 radical (unpaired) electrons. The highest BCUT2D eigenvalue weighted by molar-refractivity contribution is 5.98. The summed E-state index contributed by atoms with van der Waals surface area (Å²) in [5, 5.41) is 25.9. The normalized spacial score (nSPS) is 10.1.